The molecule has 0 aliphatic rings. The number of phenolic OH excluding ortho intramolecular Hbond substituents is 1. The number of nitrogens with one attached hydrogen (secondary N) is 1. The predicted octanol–water partition coefficient (Wildman–Crippen LogP) is 3.47. The van der Waals surface area contributed by atoms with Crippen molar-refractivity contribution < 1.29 is 14.6 Å². The van der Waals surface area contributed by atoms with Crippen LogP contribution in [0.5, 0.6) is 17.2 Å². The molecule has 0 atom stereocenters. The maximum Gasteiger partial charge on any atom is 0.200 e. The van der Waals surface area contributed by atoms with Crippen LogP contribution in [0.15, 0.2) is 48.7 Å². The monoisotopic (exact) mass is 296 g/mol. The number of hydrogen-bond acceptors (Lipinski definition) is 4. The number of aromatic hydroxyl groups is 1. The molecule has 3 aromatic rings. The fraction of sp³-hybridized carbons (Fsp3) is 0.118. The zero-order valence-electron chi connectivity index (χ0n) is 12.3. The number of aromatic amines is 1. The molecule has 0 amide bonds. The lowest BCUT2D eigenvalue weighted by atomic mass is 10.1. The van der Waals surface area contributed by atoms with Crippen molar-refractivity contribution in [3.8, 4) is 39.9 Å². The van der Waals surface area contributed by atoms with Gasteiger partial charge in [0.15, 0.2) is 11.5 Å². The first-order valence-corrected chi connectivity index (χ1v) is 6.78. The number of methoxy groups -OCH3 is 2. The Morgan fingerprint density at radius 2 is 1.59 bits per heavy atom. The summed E-state index contributed by atoms with van der Waals surface area (Å²) < 4.78 is 10.3. The zero-order valence-corrected chi connectivity index (χ0v) is 12.3. The Morgan fingerprint density at radius 3 is 2.18 bits per heavy atom. The Bertz CT molecular complexity index is 757. The largest absolute Gasteiger partial charge is 0.502 e. The van der Waals surface area contributed by atoms with Gasteiger partial charge in [-0.3, -0.25) is 0 Å². The second kappa shape index (κ2) is 5.81. The predicted molar refractivity (Wildman–Crippen MR) is 84.2 cm³/mol. The van der Waals surface area contributed by atoms with Crippen LogP contribution in [0.1, 0.15) is 0 Å². The minimum atomic E-state index is -0.0245. The van der Waals surface area contributed by atoms with Crippen molar-refractivity contribution >= 4 is 0 Å². The Hall–Kier alpha value is -2.95. The van der Waals surface area contributed by atoms with Crippen LogP contribution in [0.2, 0.25) is 0 Å². The number of phenols is 1. The van der Waals surface area contributed by atoms with Gasteiger partial charge in [-0.15, -0.1) is 0 Å². The third-order valence-corrected chi connectivity index (χ3v) is 3.41. The molecule has 0 fully saturated rings. The van der Waals surface area contributed by atoms with Gasteiger partial charge in [-0.2, -0.15) is 0 Å². The molecule has 0 radical (unpaired) electrons. The molecule has 1 aromatic heterocycles. The number of imidazole rings is 1. The van der Waals surface area contributed by atoms with Crippen LogP contribution in [-0.2, 0) is 0 Å². The molecule has 112 valence electrons. The first-order chi connectivity index (χ1) is 10.7. The number of H-pyrrole nitrogens is 1. The molecule has 0 spiro atoms. The number of aromatic nitrogens is 2. The Kier molecular flexibility index (Phi) is 3.70. The molecule has 22 heavy (non-hydrogen) atoms. The van der Waals surface area contributed by atoms with E-state index in [1.54, 1.807) is 18.3 Å². The first-order valence-electron chi connectivity index (χ1n) is 6.78. The van der Waals surface area contributed by atoms with E-state index in [0.717, 1.165) is 16.8 Å². The number of hydrogen-bond donors (Lipinski definition) is 2. The van der Waals surface area contributed by atoms with Crippen molar-refractivity contribution in [3.63, 3.8) is 0 Å². The second-order valence-electron chi connectivity index (χ2n) is 4.74. The van der Waals surface area contributed by atoms with Crippen molar-refractivity contribution in [2.75, 3.05) is 14.2 Å². The number of ether oxygens (including phenoxy) is 2. The summed E-state index contributed by atoms with van der Waals surface area (Å²) in [6.45, 7) is 0. The molecule has 1 heterocycles. The van der Waals surface area contributed by atoms with Gasteiger partial charge in [0.1, 0.15) is 5.82 Å². The van der Waals surface area contributed by atoms with E-state index in [1.165, 1.54) is 14.2 Å². The molecule has 5 heteroatoms. The van der Waals surface area contributed by atoms with Gasteiger partial charge in [-0.25, -0.2) is 4.98 Å². The molecular formula is C17H16N2O3. The van der Waals surface area contributed by atoms with E-state index >= 15 is 0 Å². The summed E-state index contributed by atoms with van der Waals surface area (Å²) >= 11 is 0. The third kappa shape index (κ3) is 2.48. The van der Waals surface area contributed by atoms with E-state index < -0.39 is 0 Å². The Labute approximate surface area is 128 Å². The summed E-state index contributed by atoms with van der Waals surface area (Å²) in [5, 5.41) is 9.96. The minimum Gasteiger partial charge on any atom is -0.502 e. The molecule has 0 aliphatic carbocycles. The van der Waals surface area contributed by atoms with Gasteiger partial charge >= 0.3 is 0 Å². The number of nitrogens with zero attached hydrogens (tertiary/aromatic N) is 1. The Morgan fingerprint density at radius 1 is 0.955 bits per heavy atom. The summed E-state index contributed by atoms with van der Waals surface area (Å²) in [7, 11) is 2.99. The minimum absolute atomic E-state index is 0.0245. The quantitative estimate of drug-likeness (QED) is 0.773. The van der Waals surface area contributed by atoms with Crippen molar-refractivity contribution in [2.45, 2.75) is 0 Å². The molecule has 2 aromatic carbocycles. The average molecular weight is 296 g/mol. The van der Waals surface area contributed by atoms with Gasteiger partial charge in [0.2, 0.25) is 5.75 Å². The van der Waals surface area contributed by atoms with Gasteiger partial charge in [0.25, 0.3) is 0 Å². The van der Waals surface area contributed by atoms with E-state index in [1.807, 2.05) is 30.3 Å². The molecule has 0 aliphatic heterocycles. The molecule has 2 N–H and O–H groups in total. The topological polar surface area (TPSA) is 67.4 Å². The second-order valence-corrected chi connectivity index (χ2v) is 4.74. The van der Waals surface area contributed by atoms with Crippen LogP contribution >= 0.6 is 0 Å². The summed E-state index contributed by atoms with van der Waals surface area (Å²) in [5.74, 6) is 1.33. The summed E-state index contributed by atoms with van der Waals surface area (Å²) in [4.78, 5) is 7.66. The fourth-order valence-electron chi connectivity index (χ4n) is 2.26. The number of rotatable bonds is 4. The third-order valence-electron chi connectivity index (χ3n) is 3.41. The van der Waals surface area contributed by atoms with Crippen molar-refractivity contribution in [1.29, 1.82) is 0 Å². The van der Waals surface area contributed by atoms with Gasteiger partial charge in [-0.05, 0) is 17.7 Å². The molecule has 0 bridgehead atoms. The summed E-state index contributed by atoms with van der Waals surface area (Å²) in [6.07, 6.45) is 1.77. The normalized spacial score (nSPS) is 10.5. The summed E-state index contributed by atoms with van der Waals surface area (Å²) in [5.41, 5.74) is 2.74. The van der Waals surface area contributed by atoms with E-state index in [4.69, 9.17) is 9.47 Å². The van der Waals surface area contributed by atoms with E-state index in [-0.39, 0.29) is 5.75 Å². The van der Waals surface area contributed by atoms with Crippen LogP contribution in [0.4, 0.5) is 0 Å². The van der Waals surface area contributed by atoms with Crippen molar-refractivity contribution in [2.24, 2.45) is 0 Å². The first kappa shape index (κ1) is 14.0. The maximum atomic E-state index is 9.96. The van der Waals surface area contributed by atoms with Crippen LogP contribution in [-0.4, -0.2) is 29.3 Å². The molecule has 0 unspecified atom stereocenters. The highest BCUT2D eigenvalue weighted by atomic mass is 16.5. The van der Waals surface area contributed by atoms with Crippen LogP contribution in [0.3, 0.4) is 0 Å². The molecule has 3 rings (SSSR count). The fourth-order valence-corrected chi connectivity index (χ4v) is 2.26. The Balaban J connectivity index is 2.03. The lowest BCUT2D eigenvalue weighted by molar-refractivity contribution is 0.340. The molecular weight excluding hydrogens is 280 g/mol. The van der Waals surface area contributed by atoms with Crippen LogP contribution < -0.4 is 9.47 Å². The average Bonchev–Trinajstić information content (AvgIpc) is 3.06. The van der Waals surface area contributed by atoms with Gasteiger partial charge in [0, 0.05) is 5.56 Å². The van der Waals surface area contributed by atoms with Crippen molar-refractivity contribution in [1.82, 2.24) is 9.97 Å². The SMILES string of the molecule is COc1cc(-c2ncc(-c3ccccc3)[nH]2)cc(OC)c1O. The molecule has 5 nitrogen and oxygen atoms in total. The van der Waals surface area contributed by atoms with Gasteiger partial charge < -0.3 is 19.6 Å². The highest BCUT2D eigenvalue weighted by molar-refractivity contribution is 5.69. The van der Waals surface area contributed by atoms with E-state index in [2.05, 4.69) is 9.97 Å². The molecule has 0 saturated carbocycles. The van der Waals surface area contributed by atoms with Crippen LogP contribution in [0, 0.1) is 0 Å². The van der Waals surface area contributed by atoms with Gasteiger partial charge in [-0.1, -0.05) is 30.3 Å². The highest BCUT2D eigenvalue weighted by Crippen LogP contribution is 2.39. The highest BCUT2D eigenvalue weighted by Gasteiger charge is 2.14. The smallest absolute Gasteiger partial charge is 0.200 e. The standard InChI is InChI=1S/C17H16N2O3/c1-21-14-8-12(9-15(22-2)16(14)20)17-18-10-13(19-17)11-6-4-3-5-7-11/h3-10,20H,1-2H3,(H,18,19). The van der Waals surface area contributed by atoms with E-state index in [0.29, 0.717) is 17.3 Å². The van der Waals surface area contributed by atoms with Gasteiger partial charge in [0.05, 0.1) is 26.1 Å². The summed E-state index contributed by atoms with van der Waals surface area (Å²) in [6, 6.07) is 13.4. The lowest BCUT2D eigenvalue weighted by Gasteiger charge is -2.10. The lowest BCUT2D eigenvalue weighted by Crippen LogP contribution is -1.91. The van der Waals surface area contributed by atoms with E-state index in [9.17, 15) is 5.11 Å². The number of benzene rings is 2. The van der Waals surface area contributed by atoms with Crippen molar-refractivity contribution in [3.05, 3.63) is 48.7 Å². The maximum absolute atomic E-state index is 9.96. The molecule has 0 saturated heterocycles. The zero-order chi connectivity index (χ0) is 15.5. The van der Waals surface area contributed by atoms with Crippen LogP contribution in [0.25, 0.3) is 22.6 Å².